The molecule has 0 aliphatic rings. The number of nitrogens with zero attached hydrogens (tertiary/aromatic N) is 2. The van der Waals surface area contributed by atoms with Crippen molar-refractivity contribution in [2.45, 2.75) is 13.1 Å². The first-order valence-corrected chi connectivity index (χ1v) is 10.3. The summed E-state index contributed by atoms with van der Waals surface area (Å²) in [7, 11) is 0. The van der Waals surface area contributed by atoms with Crippen LogP contribution < -0.4 is 5.32 Å². The third kappa shape index (κ3) is 4.08. The second-order valence-electron chi connectivity index (χ2n) is 6.09. The van der Waals surface area contributed by atoms with Crippen molar-refractivity contribution in [2.75, 3.05) is 0 Å². The van der Waals surface area contributed by atoms with Crippen LogP contribution in [0.15, 0.2) is 64.7 Å². The standard InChI is InChI=1S/C20H15BrClN3OS/c21-19-9-16-18(27-19)8-17(20(26)24-11-14-4-2-6-23-10-14)25(16)12-13-3-1-5-15(22)7-13/h1-10H,11-12H2,(H,24,26). The van der Waals surface area contributed by atoms with Crippen LogP contribution in [0.3, 0.4) is 0 Å². The summed E-state index contributed by atoms with van der Waals surface area (Å²) >= 11 is 11.3. The van der Waals surface area contributed by atoms with E-state index in [4.69, 9.17) is 11.6 Å². The van der Waals surface area contributed by atoms with Gasteiger partial charge in [0, 0.05) is 30.5 Å². The molecule has 0 saturated heterocycles. The molecule has 0 fully saturated rings. The first-order chi connectivity index (χ1) is 13.1. The molecule has 0 saturated carbocycles. The second kappa shape index (κ2) is 7.84. The topological polar surface area (TPSA) is 46.9 Å². The minimum atomic E-state index is -0.111. The number of thiophene rings is 1. The summed E-state index contributed by atoms with van der Waals surface area (Å²) in [6.45, 7) is 1.01. The summed E-state index contributed by atoms with van der Waals surface area (Å²) in [5.41, 5.74) is 3.66. The molecule has 0 atom stereocenters. The maximum Gasteiger partial charge on any atom is 0.268 e. The third-order valence-corrected chi connectivity index (χ3v) is 6.01. The van der Waals surface area contributed by atoms with Crippen molar-refractivity contribution >= 4 is 55.0 Å². The minimum Gasteiger partial charge on any atom is -0.347 e. The molecule has 4 aromatic rings. The normalized spacial score (nSPS) is 11.0. The Bertz CT molecular complexity index is 1110. The highest BCUT2D eigenvalue weighted by Crippen LogP contribution is 2.33. The van der Waals surface area contributed by atoms with Gasteiger partial charge in [-0.3, -0.25) is 9.78 Å². The van der Waals surface area contributed by atoms with Crippen molar-refractivity contribution < 1.29 is 4.79 Å². The zero-order chi connectivity index (χ0) is 18.8. The summed E-state index contributed by atoms with van der Waals surface area (Å²) in [5, 5.41) is 3.67. The number of carbonyl (C=O) groups excluding carboxylic acids is 1. The number of pyridine rings is 1. The van der Waals surface area contributed by atoms with Crippen LogP contribution in [0.5, 0.6) is 0 Å². The second-order valence-corrected chi connectivity index (χ2v) is 8.99. The van der Waals surface area contributed by atoms with Gasteiger partial charge in [-0.05, 0) is 57.4 Å². The van der Waals surface area contributed by atoms with Crippen LogP contribution in [0.1, 0.15) is 21.6 Å². The molecule has 0 aliphatic heterocycles. The van der Waals surface area contributed by atoms with Gasteiger partial charge >= 0.3 is 0 Å². The minimum absolute atomic E-state index is 0.111. The van der Waals surface area contributed by atoms with Crippen LogP contribution in [-0.2, 0) is 13.1 Å². The van der Waals surface area contributed by atoms with Crippen LogP contribution in [0.4, 0.5) is 0 Å². The van der Waals surface area contributed by atoms with Gasteiger partial charge < -0.3 is 9.88 Å². The van der Waals surface area contributed by atoms with E-state index in [1.807, 2.05) is 53.1 Å². The van der Waals surface area contributed by atoms with E-state index in [1.165, 1.54) is 0 Å². The number of amides is 1. The van der Waals surface area contributed by atoms with Crippen molar-refractivity contribution in [3.05, 3.63) is 86.6 Å². The van der Waals surface area contributed by atoms with Gasteiger partial charge in [-0.1, -0.05) is 29.8 Å². The fraction of sp³-hybridized carbons (Fsp3) is 0.100. The van der Waals surface area contributed by atoms with Crippen molar-refractivity contribution in [1.29, 1.82) is 0 Å². The average Bonchev–Trinajstić information content (AvgIpc) is 3.18. The smallest absolute Gasteiger partial charge is 0.268 e. The SMILES string of the molecule is O=C(NCc1cccnc1)c1cc2sc(Br)cc2n1Cc1cccc(Cl)c1. The van der Waals surface area contributed by atoms with Gasteiger partial charge in [0.05, 0.1) is 14.0 Å². The summed E-state index contributed by atoms with van der Waals surface area (Å²) in [6, 6.07) is 15.5. The molecule has 0 radical (unpaired) electrons. The Kier molecular flexibility index (Phi) is 5.29. The molecule has 1 aromatic carbocycles. The molecule has 27 heavy (non-hydrogen) atoms. The highest BCUT2D eigenvalue weighted by atomic mass is 79.9. The molecular formula is C20H15BrClN3OS. The monoisotopic (exact) mass is 459 g/mol. The molecule has 3 aromatic heterocycles. The van der Waals surface area contributed by atoms with Crippen molar-refractivity contribution in [3.8, 4) is 0 Å². The van der Waals surface area contributed by atoms with Crippen LogP contribution in [0.2, 0.25) is 5.02 Å². The number of halogens is 2. The number of nitrogens with one attached hydrogen (secondary N) is 1. The highest BCUT2D eigenvalue weighted by molar-refractivity contribution is 9.11. The zero-order valence-corrected chi connectivity index (χ0v) is 17.3. The molecule has 7 heteroatoms. The Hall–Kier alpha value is -2.15. The van der Waals surface area contributed by atoms with E-state index in [9.17, 15) is 4.79 Å². The molecule has 4 rings (SSSR count). The predicted octanol–water partition coefficient (Wildman–Crippen LogP) is 5.49. The van der Waals surface area contributed by atoms with Gasteiger partial charge in [-0.25, -0.2) is 0 Å². The van der Waals surface area contributed by atoms with Crippen molar-refractivity contribution in [2.24, 2.45) is 0 Å². The van der Waals surface area contributed by atoms with E-state index in [2.05, 4.69) is 26.2 Å². The van der Waals surface area contributed by atoms with E-state index >= 15 is 0 Å². The Labute approximate surface area is 173 Å². The number of hydrogen-bond donors (Lipinski definition) is 1. The fourth-order valence-electron chi connectivity index (χ4n) is 2.96. The molecule has 4 nitrogen and oxygen atoms in total. The van der Waals surface area contributed by atoms with Crippen LogP contribution in [0.25, 0.3) is 10.2 Å². The van der Waals surface area contributed by atoms with E-state index in [0.29, 0.717) is 23.8 Å². The number of rotatable bonds is 5. The van der Waals surface area contributed by atoms with Gasteiger partial charge in [0.25, 0.3) is 5.91 Å². The van der Waals surface area contributed by atoms with Crippen molar-refractivity contribution in [1.82, 2.24) is 14.9 Å². The molecule has 0 unspecified atom stereocenters. The van der Waals surface area contributed by atoms with E-state index < -0.39 is 0 Å². The average molecular weight is 461 g/mol. The lowest BCUT2D eigenvalue weighted by molar-refractivity contribution is 0.0942. The first-order valence-electron chi connectivity index (χ1n) is 8.30. The fourth-order valence-corrected chi connectivity index (χ4v) is 4.74. The molecule has 0 spiro atoms. The predicted molar refractivity (Wildman–Crippen MR) is 113 cm³/mol. The lowest BCUT2D eigenvalue weighted by Crippen LogP contribution is -2.25. The van der Waals surface area contributed by atoms with Crippen LogP contribution >= 0.6 is 38.9 Å². The molecule has 136 valence electrons. The molecule has 0 bridgehead atoms. The zero-order valence-electron chi connectivity index (χ0n) is 14.2. The Morgan fingerprint density at radius 3 is 2.81 bits per heavy atom. The molecule has 1 N–H and O–H groups in total. The lowest BCUT2D eigenvalue weighted by atomic mass is 10.2. The Morgan fingerprint density at radius 1 is 1.19 bits per heavy atom. The van der Waals surface area contributed by atoms with E-state index in [-0.39, 0.29) is 5.91 Å². The number of aromatic nitrogens is 2. The maximum absolute atomic E-state index is 12.9. The number of carbonyl (C=O) groups is 1. The van der Waals surface area contributed by atoms with Crippen molar-refractivity contribution in [3.63, 3.8) is 0 Å². The van der Waals surface area contributed by atoms with Crippen LogP contribution in [0, 0.1) is 0 Å². The highest BCUT2D eigenvalue weighted by Gasteiger charge is 2.18. The third-order valence-electron chi connectivity index (χ3n) is 4.20. The number of hydrogen-bond acceptors (Lipinski definition) is 3. The Morgan fingerprint density at radius 2 is 2.04 bits per heavy atom. The lowest BCUT2D eigenvalue weighted by Gasteiger charge is -2.11. The summed E-state index contributed by atoms with van der Waals surface area (Å²) in [5.74, 6) is -0.111. The van der Waals surface area contributed by atoms with E-state index in [1.54, 1.807) is 23.7 Å². The molecule has 3 heterocycles. The Balaban J connectivity index is 1.65. The van der Waals surface area contributed by atoms with Gasteiger partial charge in [-0.15, -0.1) is 11.3 Å². The summed E-state index contributed by atoms with van der Waals surface area (Å²) < 4.78 is 4.13. The molecule has 1 amide bonds. The van der Waals surface area contributed by atoms with Gasteiger partial charge in [0.15, 0.2) is 0 Å². The molecular weight excluding hydrogens is 446 g/mol. The maximum atomic E-state index is 12.9. The summed E-state index contributed by atoms with van der Waals surface area (Å²) in [6.07, 6.45) is 3.47. The van der Waals surface area contributed by atoms with Gasteiger partial charge in [0.1, 0.15) is 5.69 Å². The van der Waals surface area contributed by atoms with Crippen LogP contribution in [-0.4, -0.2) is 15.5 Å². The van der Waals surface area contributed by atoms with Gasteiger partial charge in [-0.2, -0.15) is 0 Å². The largest absolute Gasteiger partial charge is 0.347 e. The quantitative estimate of drug-likeness (QED) is 0.428. The number of benzene rings is 1. The molecule has 0 aliphatic carbocycles. The van der Waals surface area contributed by atoms with Gasteiger partial charge in [0.2, 0.25) is 0 Å². The number of fused-ring (bicyclic) bond motifs is 1. The first kappa shape index (κ1) is 18.2. The summed E-state index contributed by atoms with van der Waals surface area (Å²) in [4.78, 5) is 16.9. The van der Waals surface area contributed by atoms with E-state index in [0.717, 1.165) is 25.1 Å².